The van der Waals surface area contributed by atoms with Crippen molar-refractivity contribution in [2.45, 2.75) is 33.1 Å². The molecule has 0 saturated heterocycles. The first-order valence-corrected chi connectivity index (χ1v) is 5.76. The van der Waals surface area contributed by atoms with Crippen LogP contribution in [0.25, 0.3) is 0 Å². The summed E-state index contributed by atoms with van der Waals surface area (Å²) in [6.07, 6.45) is 2.69. The quantitative estimate of drug-likeness (QED) is 0.680. The lowest BCUT2D eigenvalue weighted by molar-refractivity contribution is 0.0978. The molecule has 0 spiro atoms. The first kappa shape index (κ1) is 12.3. The van der Waals surface area contributed by atoms with Gasteiger partial charge in [0.15, 0.2) is 5.78 Å². The normalized spacial score (nSPS) is 10.7. The third kappa shape index (κ3) is 4.48. The number of Topliss-reactive ketones (excluding diaryl/α,β-unsaturated/α-hetero) is 1. The summed E-state index contributed by atoms with van der Waals surface area (Å²) in [5.74, 6) is 0.857. The minimum atomic E-state index is 0.193. The molecule has 0 aromatic heterocycles. The van der Waals surface area contributed by atoms with Gasteiger partial charge in [-0.3, -0.25) is 4.79 Å². The van der Waals surface area contributed by atoms with Crippen LogP contribution in [-0.4, -0.2) is 5.78 Å². The van der Waals surface area contributed by atoms with E-state index in [1.165, 1.54) is 0 Å². The number of carbonyl (C=O) groups is 1. The summed E-state index contributed by atoms with van der Waals surface area (Å²) in [5, 5.41) is 0.629. The number of ketones is 1. The molecule has 0 N–H and O–H groups in total. The number of hydrogen-bond donors (Lipinski definition) is 0. The molecule has 0 aliphatic carbocycles. The van der Waals surface area contributed by atoms with Crippen LogP contribution in [0.2, 0.25) is 5.02 Å². The van der Waals surface area contributed by atoms with E-state index in [1.807, 2.05) is 12.1 Å². The number of halogens is 1. The van der Waals surface area contributed by atoms with Gasteiger partial charge in [0.1, 0.15) is 0 Å². The zero-order valence-corrected chi connectivity index (χ0v) is 10.1. The predicted molar refractivity (Wildman–Crippen MR) is 64.5 cm³/mol. The van der Waals surface area contributed by atoms with Gasteiger partial charge in [-0.15, -0.1) is 0 Å². The first-order valence-electron chi connectivity index (χ1n) is 5.38. The van der Waals surface area contributed by atoms with Crippen molar-refractivity contribution in [1.29, 1.82) is 0 Å². The van der Waals surface area contributed by atoms with Crippen molar-refractivity contribution in [2.24, 2.45) is 5.92 Å². The molecule has 0 bridgehead atoms. The van der Waals surface area contributed by atoms with E-state index in [1.54, 1.807) is 12.1 Å². The Kier molecular flexibility index (Phi) is 4.83. The van der Waals surface area contributed by atoms with Crippen LogP contribution in [-0.2, 0) is 0 Å². The average molecular weight is 225 g/mol. The minimum absolute atomic E-state index is 0.193. The van der Waals surface area contributed by atoms with E-state index in [4.69, 9.17) is 11.6 Å². The Bertz CT molecular complexity index is 331. The monoisotopic (exact) mass is 224 g/mol. The fourth-order valence-corrected chi connectivity index (χ4v) is 1.67. The fraction of sp³-hybridized carbons (Fsp3) is 0.462. The lowest BCUT2D eigenvalue weighted by Gasteiger charge is -2.04. The highest BCUT2D eigenvalue weighted by Gasteiger charge is 2.06. The average Bonchev–Trinajstić information content (AvgIpc) is 2.17. The number of rotatable bonds is 5. The second-order valence-electron chi connectivity index (χ2n) is 4.22. The van der Waals surface area contributed by atoms with E-state index in [0.717, 1.165) is 18.4 Å². The Morgan fingerprint density at radius 1 is 1.40 bits per heavy atom. The molecule has 0 aliphatic heterocycles. The molecular weight excluding hydrogens is 208 g/mol. The van der Waals surface area contributed by atoms with Gasteiger partial charge in [-0.25, -0.2) is 0 Å². The fourth-order valence-electron chi connectivity index (χ4n) is 1.48. The molecule has 0 aliphatic rings. The van der Waals surface area contributed by atoms with Crippen LogP contribution in [0.15, 0.2) is 24.3 Å². The van der Waals surface area contributed by atoms with Crippen LogP contribution >= 0.6 is 11.6 Å². The second kappa shape index (κ2) is 5.92. The summed E-state index contributed by atoms with van der Waals surface area (Å²) in [6.45, 7) is 4.34. The number of benzene rings is 1. The lowest BCUT2D eigenvalue weighted by Crippen LogP contribution is -1.99. The molecule has 2 heteroatoms. The predicted octanol–water partition coefficient (Wildman–Crippen LogP) is 4.35. The largest absolute Gasteiger partial charge is 0.294 e. The van der Waals surface area contributed by atoms with Gasteiger partial charge < -0.3 is 0 Å². The Hall–Kier alpha value is -0.820. The Labute approximate surface area is 96.5 Å². The maximum atomic E-state index is 11.7. The van der Waals surface area contributed by atoms with Crippen LogP contribution < -0.4 is 0 Å². The highest BCUT2D eigenvalue weighted by molar-refractivity contribution is 6.31. The van der Waals surface area contributed by atoms with E-state index < -0.39 is 0 Å². The third-order valence-electron chi connectivity index (χ3n) is 2.33. The summed E-state index contributed by atoms with van der Waals surface area (Å²) >= 11 is 5.82. The van der Waals surface area contributed by atoms with Crippen molar-refractivity contribution >= 4 is 17.4 Å². The van der Waals surface area contributed by atoms with Crippen LogP contribution in [0, 0.1) is 5.92 Å². The summed E-state index contributed by atoms with van der Waals surface area (Å²) in [5.41, 5.74) is 0.728. The molecule has 0 heterocycles. The molecular formula is C13H17ClO. The summed E-state index contributed by atoms with van der Waals surface area (Å²) in [4.78, 5) is 11.7. The molecule has 0 amide bonds. The zero-order chi connectivity index (χ0) is 11.3. The molecule has 0 radical (unpaired) electrons. The van der Waals surface area contributed by atoms with Gasteiger partial charge in [-0.1, -0.05) is 44.0 Å². The molecule has 1 rings (SSSR count). The van der Waals surface area contributed by atoms with E-state index in [2.05, 4.69) is 13.8 Å². The lowest BCUT2D eigenvalue weighted by atomic mass is 10.0. The molecule has 1 aromatic carbocycles. The van der Waals surface area contributed by atoms with Crippen molar-refractivity contribution in [1.82, 2.24) is 0 Å². The third-order valence-corrected chi connectivity index (χ3v) is 2.57. The van der Waals surface area contributed by atoms with Crippen LogP contribution in [0.3, 0.4) is 0 Å². The van der Waals surface area contributed by atoms with Gasteiger partial charge in [-0.05, 0) is 24.5 Å². The molecule has 15 heavy (non-hydrogen) atoms. The zero-order valence-electron chi connectivity index (χ0n) is 9.29. The summed E-state index contributed by atoms with van der Waals surface area (Å²) in [7, 11) is 0. The Morgan fingerprint density at radius 3 is 2.73 bits per heavy atom. The molecule has 1 aromatic rings. The van der Waals surface area contributed by atoms with E-state index in [-0.39, 0.29) is 5.78 Å². The molecule has 82 valence electrons. The van der Waals surface area contributed by atoms with Gasteiger partial charge in [0.2, 0.25) is 0 Å². The van der Waals surface area contributed by atoms with Gasteiger partial charge in [-0.2, -0.15) is 0 Å². The number of carbonyl (C=O) groups excluding carboxylic acids is 1. The first-order chi connectivity index (χ1) is 7.09. The summed E-state index contributed by atoms with van der Waals surface area (Å²) in [6, 6.07) is 7.16. The summed E-state index contributed by atoms with van der Waals surface area (Å²) < 4.78 is 0. The highest BCUT2D eigenvalue weighted by atomic mass is 35.5. The molecule has 0 fully saturated rings. The molecule has 0 atom stereocenters. The molecule has 0 saturated carbocycles. The van der Waals surface area contributed by atoms with Gasteiger partial charge in [0, 0.05) is 17.0 Å². The Morgan fingerprint density at radius 2 is 2.13 bits per heavy atom. The van der Waals surface area contributed by atoms with E-state index >= 15 is 0 Å². The van der Waals surface area contributed by atoms with Crippen LogP contribution in [0.5, 0.6) is 0 Å². The van der Waals surface area contributed by atoms with Crippen molar-refractivity contribution in [3.63, 3.8) is 0 Å². The maximum absolute atomic E-state index is 11.7. The topological polar surface area (TPSA) is 17.1 Å². The van der Waals surface area contributed by atoms with Crippen molar-refractivity contribution < 1.29 is 4.79 Å². The Balaban J connectivity index is 2.47. The molecule has 0 unspecified atom stereocenters. The second-order valence-corrected chi connectivity index (χ2v) is 4.66. The molecule has 1 nitrogen and oxygen atoms in total. The van der Waals surface area contributed by atoms with Crippen LogP contribution in [0.1, 0.15) is 43.5 Å². The van der Waals surface area contributed by atoms with Crippen molar-refractivity contribution in [3.05, 3.63) is 34.9 Å². The van der Waals surface area contributed by atoms with E-state index in [0.29, 0.717) is 17.4 Å². The smallest absolute Gasteiger partial charge is 0.162 e. The van der Waals surface area contributed by atoms with Crippen molar-refractivity contribution in [2.75, 3.05) is 0 Å². The van der Waals surface area contributed by atoms with Gasteiger partial charge in [0.05, 0.1) is 0 Å². The van der Waals surface area contributed by atoms with Gasteiger partial charge >= 0.3 is 0 Å². The van der Waals surface area contributed by atoms with E-state index in [9.17, 15) is 4.79 Å². The van der Waals surface area contributed by atoms with Gasteiger partial charge in [0.25, 0.3) is 0 Å². The maximum Gasteiger partial charge on any atom is 0.162 e. The number of hydrogen-bond acceptors (Lipinski definition) is 1. The minimum Gasteiger partial charge on any atom is -0.294 e. The highest BCUT2D eigenvalue weighted by Crippen LogP contribution is 2.14. The van der Waals surface area contributed by atoms with Crippen LogP contribution in [0.4, 0.5) is 0 Å². The standard InChI is InChI=1S/C13H17ClO/c1-10(2)5-3-8-13(15)11-6-4-7-12(14)9-11/h4,6-7,9-10H,3,5,8H2,1-2H3. The van der Waals surface area contributed by atoms with Crippen molar-refractivity contribution in [3.8, 4) is 0 Å². The SMILES string of the molecule is CC(C)CCCC(=O)c1cccc(Cl)c1.